The van der Waals surface area contributed by atoms with Gasteiger partial charge in [-0.2, -0.15) is 0 Å². The molecule has 0 saturated heterocycles. The number of hydrogen-bond donors (Lipinski definition) is 1. The first-order valence-corrected chi connectivity index (χ1v) is 11.4. The van der Waals surface area contributed by atoms with Crippen LogP contribution >= 0.6 is 11.3 Å². The number of fused-ring (bicyclic) bond motifs is 1. The molecule has 0 spiro atoms. The Labute approximate surface area is 166 Å². The monoisotopic (exact) mass is 416 g/mol. The minimum Gasteiger partial charge on any atom is -0.344 e. The summed E-state index contributed by atoms with van der Waals surface area (Å²) in [7, 11) is -1.51. The van der Waals surface area contributed by atoms with Gasteiger partial charge in [-0.25, -0.2) is 13.1 Å². The molecule has 0 aliphatic heterocycles. The number of hydrogen-bond acceptors (Lipinski definition) is 6. The molecule has 4 aromatic rings. The number of thiophene rings is 1. The Balaban J connectivity index is 1.84. The van der Waals surface area contributed by atoms with E-state index in [-0.39, 0.29) is 6.04 Å². The van der Waals surface area contributed by atoms with E-state index >= 15 is 0 Å². The van der Waals surface area contributed by atoms with Crippen LogP contribution in [0.4, 0.5) is 5.69 Å². The van der Waals surface area contributed by atoms with Crippen molar-refractivity contribution in [3.8, 4) is 21.1 Å². The van der Waals surface area contributed by atoms with Crippen molar-refractivity contribution in [3.05, 3.63) is 36.5 Å². The minimum absolute atomic E-state index is 0.229. The van der Waals surface area contributed by atoms with Gasteiger partial charge in [-0.3, -0.25) is 4.72 Å². The highest BCUT2D eigenvalue weighted by atomic mass is 32.2. The van der Waals surface area contributed by atoms with E-state index in [1.165, 1.54) is 0 Å². The van der Waals surface area contributed by atoms with E-state index in [0.717, 1.165) is 38.3 Å². The van der Waals surface area contributed by atoms with E-state index in [4.69, 9.17) is 0 Å². The lowest BCUT2D eigenvalue weighted by Crippen LogP contribution is -2.09. The zero-order chi connectivity index (χ0) is 20.1. The molecule has 0 saturated carbocycles. The van der Waals surface area contributed by atoms with Crippen molar-refractivity contribution in [2.75, 3.05) is 11.0 Å². The molecule has 8 nitrogen and oxygen atoms in total. The molecule has 1 N–H and O–H groups in total. The molecule has 0 aliphatic rings. The van der Waals surface area contributed by atoms with E-state index in [1.54, 1.807) is 22.1 Å². The number of tetrazole rings is 1. The predicted molar refractivity (Wildman–Crippen MR) is 112 cm³/mol. The number of aryl methyl sites for hydroxylation is 1. The van der Waals surface area contributed by atoms with E-state index in [1.807, 2.05) is 25.2 Å². The van der Waals surface area contributed by atoms with Gasteiger partial charge in [-0.15, -0.1) is 16.4 Å². The maximum Gasteiger partial charge on any atom is 0.229 e. The number of nitrogens with zero attached hydrogens (tertiary/aromatic N) is 5. The van der Waals surface area contributed by atoms with Gasteiger partial charge in [0.2, 0.25) is 10.0 Å². The van der Waals surface area contributed by atoms with Crippen molar-refractivity contribution < 1.29 is 8.42 Å². The van der Waals surface area contributed by atoms with Gasteiger partial charge in [-0.1, -0.05) is 6.07 Å². The molecule has 28 heavy (non-hydrogen) atoms. The Bertz CT molecular complexity index is 1270. The van der Waals surface area contributed by atoms with Crippen molar-refractivity contribution in [1.29, 1.82) is 0 Å². The highest BCUT2D eigenvalue weighted by Crippen LogP contribution is 2.39. The van der Waals surface area contributed by atoms with Crippen LogP contribution < -0.4 is 4.72 Å². The van der Waals surface area contributed by atoms with Crippen LogP contribution in [0.15, 0.2) is 36.5 Å². The molecule has 10 heteroatoms. The lowest BCUT2D eigenvalue weighted by Gasteiger charge is -2.10. The summed E-state index contributed by atoms with van der Waals surface area (Å²) in [6, 6.07) is 9.94. The first-order valence-electron chi connectivity index (χ1n) is 8.68. The van der Waals surface area contributed by atoms with Gasteiger partial charge in [0.25, 0.3) is 0 Å². The van der Waals surface area contributed by atoms with Crippen molar-refractivity contribution in [2.45, 2.75) is 19.9 Å². The molecular weight excluding hydrogens is 396 g/mol. The van der Waals surface area contributed by atoms with E-state index in [2.05, 4.69) is 50.9 Å². The Hall–Kier alpha value is -2.72. The van der Waals surface area contributed by atoms with Crippen LogP contribution in [-0.4, -0.2) is 39.4 Å². The Morgan fingerprint density at radius 2 is 1.89 bits per heavy atom. The first kappa shape index (κ1) is 18.6. The van der Waals surface area contributed by atoms with Crippen LogP contribution in [0.1, 0.15) is 19.9 Å². The van der Waals surface area contributed by atoms with Crippen LogP contribution in [0.3, 0.4) is 0 Å². The second kappa shape index (κ2) is 6.71. The topological polar surface area (TPSA) is 94.7 Å². The largest absolute Gasteiger partial charge is 0.344 e. The summed E-state index contributed by atoms with van der Waals surface area (Å²) in [6.45, 7) is 4.20. The second-order valence-corrected chi connectivity index (χ2v) is 9.77. The highest BCUT2D eigenvalue weighted by molar-refractivity contribution is 7.92. The third kappa shape index (κ3) is 3.40. The molecule has 3 heterocycles. The van der Waals surface area contributed by atoms with E-state index in [0.29, 0.717) is 5.69 Å². The van der Waals surface area contributed by atoms with Gasteiger partial charge >= 0.3 is 0 Å². The molecule has 0 aliphatic carbocycles. The summed E-state index contributed by atoms with van der Waals surface area (Å²) in [5, 5.41) is 12.7. The van der Waals surface area contributed by atoms with Crippen molar-refractivity contribution >= 4 is 38.0 Å². The maximum atomic E-state index is 11.6. The predicted octanol–water partition coefficient (Wildman–Crippen LogP) is 3.51. The normalized spacial score (nSPS) is 12.2. The van der Waals surface area contributed by atoms with Gasteiger partial charge in [0.1, 0.15) is 0 Å². The molecule has 0 atom stereocenters. The molecule has 3 aromatic heterocycles. The zero-order valence-electron chi connectivity index (χ0n) is 15.9. The van der Waals surface area contributed by atoms with Gasteiger partial charge in [0.15, 0.2) is 5.82 Å². The highest BCUT2D eigenvalue weighted by Gasteiger charge is 2.17. The summed E-state index contributed by atoms with van der Waals surface area (Å²) >= 11 is 1.62. The van der Waals surface area contributed by atoms with Gasteiger partial charge < -0.3 is 4.57 Å². The number of sulfonamides is 1. The fourth-order valence-electron chi connectivity index (χ4n) is 3.19. The molecular formula is C18H20N6O2S2. The number of nitrogens with one attached hydrogen (secondary N) is 1. The van der Waals surface area contributed by atoms with Crippen LogP contribution in [-0.2, 0) is 17.1 Å². The minimum atomic E-state index is -3.33. The Morgan fingerprint density at radius 1 is 1.14 bits per heavy atom. The molecule has 0 fully saturated rings. The SMILES string of the molecule is CC(C)n1cc(-c2ccc(-c3nnnn3C)s2)c2ccc(NS(C)(=O)=O)cc21. The van der Waals surface area contributed by atoms with E-state index in [9.17, 15) is 8.42 Å². The second-order valence-electron chi connectivity index (χ2n) is 6.94. The van der Waals surface area contributed by atoms with Crippen LogP contribution in [0.5, 0.6) is 0 Å². The van der Waals surface area contributed by atoms with E-state index < -0.39 is 10.0 Å². The first-order chi connectivity index (χ1) is 13.2. The average Bonchev–Trinajstić information content (AvgIpc) is 3.30. The molecule has 0 amide bonds. The fourth-order valence-corrected chi connectivity index (χ4v) is 4.79. The third-order valence-electron chi connectivity index (χ3n) is 4.41. The lowest BCUT2D eigenvalue weighted by molar-refractivity contribution is 0.607. The quantitative estimate of drug-likeness (QED) is 0.537. The van der Waals surface area contributed by atoms with Crippen LogP contribution in [0, 0.1) is 0 Å². The Kier molecular flexibility index (Phi) is 4.47. The summed E-state index contributed by atoms with van der Waals surface area (Å²) in [5.41, 5.74) is 2.63. The molecule has 146 valence electrons. The number of benzene rings is 1. The number of aromatic nitrogens is 5. The molecule has 0 radical (unpaired) electrons. The molecule has 1 aromatic carbocycles. The summed E-state index contributed by atoms with van der Waals surface area (Å²) in [6.07, 6.45) is 3.27. The van der Waals surface area contributed by atoms with Gasteiger partial charge in [-0.05, 0) is 48.5 Å². The third-order valence-corrected chi connectivity index (χ3v) is 6.13. The summed E-state index contributed by atoms with van der Waals surface area (Å²) in [4.78, 5) is 2.09. The van der Waals surface area contributed by atoms with Crippen LogP contribution in [0.25, 0.3) is 32.0 Å². The van der Waals surface area contributed by atoms with Crippen molar-refractivity contribution in [2.24, 2.45) is 7.05 Å². The fraction of sp³-hybridized carbons (Fsp3) is 0.278. The van der Waals surface area contributed by atoms with Crippen molar-refractivity contribution in [1.82, 2.24) is 24.8 Å². The lowest BCUT2D eigenvalue weighted by atomic mass is 10.1. The van der Waals surface area contributed by atoms with Crippen molar-refractivity contribution in [3.63, 3.8) is 0 Å². The van der Waals surface area contributed by atoms with Gasteiger partial charge in [0.05, 0.1) is 22.3 Å². The van der Waals surface area contributed by atoms with Gasteiger partial charge in [0, 0.05) is 35.1 Å². The average molecular weight is 417 g/mol. The molecule has 4 rings (SSSR count). The molecule has 0 unspecified atom stereocenters. The van der Waals surface area contributed by atoms with Crippen LogP contribution in [0.2, 0.25) is 0 Å². The number of anilines is 1. The summed E-state index contributed by atoms with van der Waals surface area (Å²) < 4.78 is 29.5. The zero-order valence-corrected chi connectivity index (χ0v) is 17.5. The summed E-state index contributed by atoms with van der Waals surface area (Å²) in [5.74, 6) is 0.725. The maximum absolute atomic E-state index is 11.6. The Morgan fingerprint density at radius 3 is 2.54 bits per heavy atom. The standard InChI is InChI=1S/C18H20N6O2S2/c1-11(2)24-10-14(13-6-5-12(9-15(13)24)20-28(4,25)26)16-7-8-17(27-16)18-19-21-22-23(18)3/h5-11,20H,1-4H3. The smallest absolute Gasteiger partial charge is 0.229 e. The molecule has 0 bridgehead atoms. The number of rotatable bonds is 5.